The third-order valence-electron chi connectivity index (χ3n) is 2.97. The van der Waals surface area contributed by atoms with Crippen LogP contribution in [0.3, 0.4) is 0 Å². The largest absolute Gasteiger partial charge is 0.222 e. The molecule has 0 bridgehead atoms. The van der Waals surface area contributed by atoms with E-state index in [1.165, 1.54) is 17.5 Å². The molecule has 0 atom stereocenters. The summed E-state index contributed by atoms with van der Waals surface area (Å²) in [6.07, 6.45) is 2.35. The molecule has 1 aromatic rings. The van der Waals surface area contributed by atoms with Crippen molar-refractivity contribution in [1.29, 1.82) is 0 Å². The van der Waals surface area contributed by atoms with E-state index in [-0.39, 0.29) is 5.54 Å². The van der Waals surface area contributed by atoms with Crippen LogP contribution in [0.5, 0.6) is 0 Å². The van der Waals surface area contributed by atoms with E-state index in [1.54, 1.807) is 0 Å². The molecule has 0 heterocycles. The molecule has 0 aromatic heterocycles. The number of thiocarbonyl (C=S) groups is 1. The summed E-state index contributed by atoms with van der Waals surface area (Å²) in [6, 6.07) is 8.63. The molecular weight excluding hydrogens is 226 g/mol. The van der Waals surface area contributed by atoms with Crippen molar-refractivity contribution in [2.24, 2.45) is 10.9 Å². The maximum Gasteiger partial charge on any atom is 0.0903 e. The molecule has 0 saturated carbocycles. The van der Waals surface area contributed by atoms with Crippen LogP contribution >= 0.6 is 12.2 Å². The predicted octanol–water partition coefficient (Wildman–Crippen LogP) is 4.61. The second-order valence-corrected chi connectivity index (χ2v) is 5.58. The van der Waals surface area contributed by atoms with Gasteiger partial charge in [0, 0.05) is 0 Å². The first-order valence-corrected chi connectivity index (χ1v) is 6.55. The first kappa shape index (κ1) is 14.1. The minimum atomic E-state index is -0.268. The molecule has 0 radical (unpaired) electrons. The first-order chi connectivity index (χ1) is 7.95. The molecule has 92 valence electrons. The van der Waals surface area contributed by atoms with Crippen LogP contribution in [0.4, 0.5) is 0 Å². The number of nitrogens with zero attached hydrogens (tertiary/aromatic N) is 1. The summed E-state index contributed by atoms with van der Waals surface area (Å²) >= 11 is 4.70. The van der Waals surface area contributed by atoms with Crippen molar-refractivity contribution >= 4 is 17.4 Å². The monoisotopic (exact) mass is 247 g/mol. The summed E-state index contributed by atoms with van der Waals surface area (Å²) in [5.41, 5.74) is 2.32. The van der Waals surface area contributed by atoms with Crippen molar-refractivity contribution in [3.8, 4) is 0 Å². The normalized spacial score (nSPS) is 11.4. The van der Waals surface area contributed by atoms with Crippen LogP contribution < -0.4 is 0 Å². The van der Waals surface area contributed by atoms with E-state index < -0.39 is 0 Å². The summed E-state index contributed by atoms with van der Waals surface area (Å²) < 4.78 is 0. The molecule has 0 fully saturated rings. The number of aryl methyl sites for hydroxylation is 1. The Kier molecular flexibility index (Phi) is 5.04. The number of hydrogen-bond donors (Lipinski definition) is 0. The summed E-state index contributed by atoms with van der Waals surface area (Å²) in [5, 5.41) is 2.48. The van der Waals surface area contributed by atoms with E-state index >= 15 is 0 Å². The Morgan fingerprint density at radius 3 is 2.65 bits per heavy atom. The van der Waals surface area contributed by atoms with Crippen molar-refractivity contribution in [3.05, 3.63) is 35.4 Å². The van der Waals surface area contributed by atoms with E-state index in [0.29, 0.717) is 0 Å². The van der Waals surface area contributed by atoms with Gasteiger partial charge in [0.15, 0.2) is 0 Å². The van der Waals surface area contributed by atoms with Crippen molar-refractivity contribution in [2.45, 2.75) is 46.1 Å². The Bertz CT molecular complexity index is 415. The standard InChI is InChI=1S/C15H21NS/c1-12(2)8-9-13-6-5-7-14(10-13)15(3,4)16-11-17/h5-7,10,12H,8-9H2,1-4H3. The number of hydrogen-bond acceptors (Lipinski definition) is 2. The van der Waals surface area contributed by atoms with E-state index in [9.17, 15) is 0 Å². The van der Waals surface area contributed by atoms with Gasteiger partial charge in [-0.3, -0.25) is 0 Å². The van der Waals surface area contributed by atoms with Crippen LogP contribution in [0.15, 0.2) is 29.3 Å². The Labute approximate surface area is 110 Å². The molecule has 1 nitrogen and oxygen atoms in total. The Morgan fingerprint density at radius 1 is 1.35 bits per heavy atom. The molecule has 0 N–H and O–H groups in total. The molecule has 0 unspecified atom stereocenters. The minimum absolute atomic E-state index is 0.268. The highest BCUT2D eigenvalue weighted by Gasteiger charge is 2.18. The third kappa shape index (κ3) is 4.41. The van der Waals surface area contributed by atoms with Crippen LogP contribution in [-0.4, -0.2) is 5.16 Å². The molecule has 0 saturated heterocycles. The molecule has 1 aromatic carbocycles. The molecular formula is C15H21NS. The Hall–Kier alpha value is -0.980. The SMILES string of the molecule is CC(C)CCc1cccc(C(C)(C)N=C=S)c1. The number of rotatable bonds is 5. The van der Waals surface area contributed by atoms with Crippen LogP contribution in [0.1, 0.15) is 45.2 Å². The molecule has 17 heavy (non-hydrogen) atoms. The van der Waals surface area contributed by atoms with E-state index in [1.807, 2.05) is 0 Å². The lowest BCUT2D eigenvalue weighted by molar-refractivity contribution is 0.558. The Morgan fingerprint density at radius 2 is 2.06 bits per heavy atom. The van der Waals surface area contributed by atoms with Gasteiger partial charge in [0.2, 0.25) is 0 Å². The average Bonchev–Trinajstić information content (AvgIpc) is 2.27. The summed E-state index contributed by atoms with van der Waals surface area (Å²) in [6.45, 7) is 8.64. The van der Waals surface area contributed by atoms with Crippen molar-refractivity contribution in [1.82, 2.24) is 0 Å². The maximum atomic E-state index is 4.70. The fourth-order valence-corrected chi connectivity index (χ4v) is 1.97. The van der Waals surface area contributed by atoms with Gasteiger partial charge in [0.05, 0.1) is 10.7 Å². The molecule has 2 heteroatoms. The Balaban J connectivity index is 2.89. The van der Waals surface area contributed by atoms with Gasteiger partial charge in [0.1, 0.15) is 0 Å². The zero-order valence-corrected chi connectivity index (χ0v) is 12.0. The quantitative estimate of drug-likeness (QED) is 0.546. The number of aliphatic imine (C=N–C) groups is 1. The lowest BCUT2D eigenvalue weighted by Crippen LogP contribution is -2.13. The smallest absolute Gasteiger partial charge is 0.0903 e. The molecule has 1 rings (SSSR count). The van der Waals surface area contributed by atoms with Gasteiger partial charge in [-0.05, 0) is 56.0 Å². The van der Waals surface area contributed by atoms with Gasteiger partial charge >= 0.3 is 0 Å². The topological polar surface area (TPSA) is 12.4 Å². The lowest BCUT2D eigenvalue weighted by Gasteiger charge is -2.19. The molecule has 0 aliphatic rings. The van der Waals surface area contributed by atoms with Crippen LogP contribution in [0, 0.1) is 5.92 Å². The maximum absolute atomic E-state index is 4.70. The summed E-state index contributed by atoms with van der Waals surface area (Å²) in [4.78, 5) is 4.23. The zero-order chi connectivity index (χ0) is 12.9. The zero-order valence-electron chi connectivity index (χ0n) is 11.2. The third-order valence-corrected chi connectivity index (χ3v) is 3.06. The van der Waals surface area contributed by atoms with Crippen molar-refractivity contribution in [3.63, 3.8) is 0 Å². The van der Waals surface area contributed by atoms with E-state index in [4.69, 9.17) is 12.2 Å². The molecule has 0 spiro atoms. The van der Waals surface area contributed by atoms with Gasteiger partial charge in [-0.15, -0.1) is 0 Å². The summed E-state index contributed by atoms with van der Waals surface area (Å²) in [5.74, 6) is 0.741. The minimum Gasteiger partial charge on any atom is -0.222 e. The van der Waals surface area contributed by atoms with Crippen molar-refractivity contribution < 1.29 is 0 Å². The van der Waals surface area contributed by atoms with Gasteiger partial charge < -0.3 is 0 Å². The van der Waals surface area contributed by atoms with Crippen LogP contribution in [0.25, 0.3) is 0 Å². The van der Waals surface area contributed by atoms with E-state index in [2.05, 4.69) is 62.1 Å². The highest BCUT2D eigenvalue weighted by atomic mass is 32.1. The second-order valence-electron chi connectivity index (χ2n) is 5.40. The number of isothiocyanates is 1. The fraction of sp³-hybridized carbons (Fsp3) is 0.533. The van der Waals surface area contributed by atoms with Crippen LogP contribution in [0.2, 0.25) is 0 Å². The van der Waals surface area contributed by atoms with Gasteiger partial charge in [-0.2, -0.15) is 0 Å². The second kappa shape index (κ2) is 6.09. The van der Waals surface area contributed by atoms with Gasteiger partial charge in [-0.1, -0.05) is 38.1 Å². The number of benzene rings is 1. The van der Waals surface area contributed by atoms with Crippen molar-refractivity contribution in [2.75, 3.05) is 0 Å². The highest BCUT2D eigenvalue weighted by molar-refractivity contribution is 7.78. The fourth-order valence-electron chi connectivity index (χ4n) is 1.74. The molecule has 0 aliphatic carbocycles. The summed E-state index contributed by atoms with van der Waals surface area (Å²) in [7, 11) is 0. The molecule has 0 amide bonds. The van der Waals surface area contributed by atoms with Crippen LogP contribution in [-0.2, 0) is 12.0 Å². The average molecular weight is 247 g/mol. The molecule has 0 aliphatic heterocycles. The predicted molar refractivity (Wildman–Crippen MR) is 77.7 cm³/mol. The first-order valence-electron chi connectivity index (χ1n) is 6.14. The highest BCUT2D eigenvalue weighted by Crippen LogP contribution is 2.25. The van der Waals surface area contributed by atoms with Gasteiger partial charge in [0.25, 0.3) is 0 Å². The van der Waals surface area contributed by atoms with Gasteiger partial charge in [-0.25, -0.2) is 4.99 Å². The van der Waals surface area contributed by atoms with E-state index in [0.717, 1.165) is 12.3 Å². The lowest BCUT2D eigenvalue weighted by atomic mass is 9.92.